The van der Waals surface area contributed by atoms with Crippen LogP contribution in [0.3, 0.4) is 0 Å². The summed E-state index contributed by atoms with van der Waals surface area (Å²) in [4.78, 5) is 31.7. The van der Waals surface area contributed by atoms with Crippen molar-refractivity contribution in [3.63, 3.8) is 0 Å². The van der Waals surface area contributed by atoms with Crippen LogP contribution in [0, 0.1) is 17.2 Å². The van der Waals surface area contributed by atoms with E-state index in [9.17, 15) is 14.9 Å². The molecule has 1 amide bonds. The minimum absolute atomic E-state index is 0.0937. The van der Waals surface area contributed by atoms with Gasteiger partial charge in [0.2, 0.25) is 5.91 Å². The molecule has 0 unspecified atom stereocenters. The lowest BCUT2D eigenvalue weighted by Crippen LogP contribution is -2.29. The van der Waals surface area contributed by atoms with Gasteiger partial charge in [-0.25, -0.2) is 4.98 Å². The highest BCUT2D eigenvalue weighted by Gasteiger charge is 2.28. The number of nitriles is 1. The molecule has 1 N–H and O–H groups in total. The number of aromatic nitrogens is 2. The monoisotopic (exact) mass is 356 g/mol. The van der Waals surface area contributed by atoms with Crippen molar-refractivity contribution in [1.29, 1.82) is 5.26 Å². The van der Waals surface area contributed by atoms with Crippen molar-refractivity contribution in [2.45, 2.75) is 31.8 Å². The molecule has 1 aliphatic carbocycles. The summed E-state index contributed by atoms with van der Waals surface area (Å²) >= 11 is 1.15. The summed E-state index contributed by atoms with van der Waals surface area (Å²) in [6.45, 7) is 0.462. The Morgan fingerprint density at radius 3 is 2.84 bits per heavy atom. The number of nitrogens with zero attached hydrogens (tertiary/aromatic N) is 3. The van der Waals surface area contributed by atoms with Crippen LogP contribution in [0.2, 0.25) is 0 Å². The first-order valence-corrected chi connectivity index (χ1v) is 8.74. The lowest BCUT2D eigenvalue weighted by atomic mass is 9.87. The highest BCUT2D eigenvalue weighted by Crippen LogP contribution is 2.32. The van der Waals surface area contributed by atoms with E-state index in [1.165, 1.54) is 0 Å². The molecule has 1 saturated carbocycles. The van der Waals surface area contributed by atoms with Crippen LogP contribution >= 0.6 is 11.3 Å². The van der Waals surface area contributed by atoms with E-state index in [1.807, 2.05) is 6.07 Å². The van der Waals surface area contributed by atoms with Crippen LogP contribution in [-0.2, 0) is 14.3 Å². The number of amides is 1. The van der Waals surface area contributed by atoms with E-state index in [2.05, 4.69) is 21.4 Å². The van der Waals surface area contributed by atoms with Gasteiger partial charge in [0.15, 0.2) is 5.13 Å². The average molecular weight is 356 g/mol. The molecule has 25 heavy (non-hydrogen) atoms. The van der Waals surface area contributed by atoms with Crippen LogP contribution in [0.5, 0.6) is 0 Å². The van der Waals surface area contributed by atoms with Gasteiger partial charge in [0.05, 0.1) is 0 Å². The van der Waals surface area contributed by atoms with Crippen LogP contribution in [0.15, 0.2) is 24.5 Å². The molecule has 1 fully saturated rings. The number of nitrogens with one attached hydrogen (secondary N) is 1. The summed E-state index contributed by atoms with van der Waals surface area (Å²) in [5.74, 6) is -0.247. The van der Waals surface area contributed by atoms with Gasteiger partial charge in [-0.15, -0.1) is 0 Å². The Morgan fingerprint density at radius 1 is 1.40 bits per heavy atom. The summed E-state index contributed by atoms with van der Waals surface area (Å²) < 4.78 is 4.95. The van der Waals surface area contributed by atoms with Gasteiger partial charge in [-0.1, -0.05) is 11.3 Å². The Hall–Kier alpha value is -2.79. The Kier molecular flexibility index (Phi) is 5.36. The Bertz CT molecular complexity index is 792. The van der Waals surface area contributed by atoms with Gasteiger partial charge in [-0.2, -0.15) is 5.26 Å². The van der Waals surface area contributed by atoms with Gasteiger partial charge in [0.25, 0.3) is 6.47 Å². The summed E-state index contributed by atoms with van der Waals surface area (Å²) in [5.41, 5.74) is 1.27. The van der Waals surface area contributed by atoms with E-state index >= 15 is 0 Å². The number of carbonyl (C=O) groups is 2. The van der Waals surface area contributed by atoms with Gasteiger partial charge in [0, 0.05) is 23.9 Å². The molecule has 1 aliphatic rings. The SMILES string of the molecule is N#Cc1sc(NC(=O)C2CCC(OC=O)CC2)nc1-c1cccnc1. The normalized spacial score (nSPS) is 19.6. The molecule has 2 heterocycles. The van der Waals surface area contributed by atoms with E-state index in [0.717, 1.165) is 16.9 Å². The second-order valence-electron chi connectivity index (χ2n) is 5.75. The van der Waals surface area contributed by atoms with E-state index in [-0.39, 0.29) is 17.9 Å². The van der Waals surface area contributed by atoms with Gasteiger partial charge in [-0.05, 0) is 37.8 Å². The first kappa shape index (κ1) is 17.0. The molecular weight excluding hydrogens is 340 g/mol. The lowest BCUT2D eigenvalue weighted by Gasteiger charge is -2.26. The molecule has 0 radical (unpaired) electrons. The zero-order chi connectivity index (χ0) is 17.6. The van der Waals surface area contributed by atoms with Crippen LogP contribution in [0.4, 0.5) is 5.13 Å². The predicted molar refractivity (Wildman–Crippen MR) is 91.6 cm³/mol. The largest absolute Gasteiger partial charge is 0.465 e. The fourth-order valence-electron chi connectivity index (χ4n) is 2.89. The minimum atomic E-state index is -0.136. The highest BCUT2D eigenvalue weighted by molar-refractivity contribution is 7.16. The van der Waals surface area contributed by atoms with Crippen molar-refractivity contribution in [2.75, 3.05) is 5.32 Å². The smallest absolute Gasteiger partial charge is 0.293 e. The molecule has 0 aromatic carbocycles. The Labute approximate surface area is 148 Å². The van der Waals surface area contributed by atoms with E-state index in [0.29, 0.717) is 47.9 Å². The van der Waals surface area contributed by atoms with Crippen molar-refractivity contribution in [2.24, 2.45) is 5.92 Å². The number of anilines is 1. The maximum absolute atomic E-state index is 12.4. The van der Waals surface area contributed by atoms with Crippen molar-refractivity contribution in [1.82, 2.24) is 9.97 Å². The molecular formula is C17H16N4O3S. The van der Waals surface area contributed by atoms with Gasteiger partial charge in [-0.3, -0.25) is 14.6 Å². The number of rotatable bonds is 5. The third-order valence-corrected chi connectivity index (χ3v) is 5.06. The Balaban J connectivity index is 1.67. The van der Waals surface area contributed by atoms with Gasteiger partial charge in [0.1, 0.15) is 22.7 Å². The molecule has 0 bridgehead atoms. The van der Waals surface area contributed by atoms with Crippen molar-refractivity contribution in [3.05, 3.63) is 29.4 Å². The number of thiazole rings is 1. The van der Waals surface area contributed by atoms with Crippen molar-refractivity contribution >= 4 is 28.8 Å². The Morgan fingerprint density at radius 2 is 2.20 bits per heavy atom. The minimum Gasteiger partial charge on any atom is -0.465 e. The molecule has 0 saturated heterocycles. The number of carbonyl (C=O) groups excluding carboxylic acids is 2. The number of hydrogen-bond acceptors (Lipinski definition) is 7. The van der Waals surface area contributed by atoms with Crippen molar-refractivity contribution in [3.8, 4) is 17.3 Å². The molecule has 0 atom stereocenters. The van der Waals surface area contributed by atoms with Crippen LogP contribution < -0.4 is 5.32 Å². The predicted octanol–water partition coefficient (Wildman–Crippen LogP) is 2.75. The zero-order valence-corrected chi connectivity index (χ0v) is 14.2. The van der Waals surface area contributed by atoms with E-state index in [4.69, 9.17) is 4.74 Å². The van der Waals surface area contributed by atoms with Gasteiger partial charge < -0.3 is 10.1 Å². The maximum Gasteiger partial charge on any atom is 0.293 e. The number of pyridine rings is 1. The van der Waals surface area contributed by atoms with Crippen molar-refractivity contribution < 1.29 is 14.3 Å². The average Bonchev–Trinajstić information content (AvgIpc) is 3.06. The second-order valence-corrected chi connectivity index (χ2v) is 6.74. The second kappa shape index (κ2) is 7.85. The topological polar surface area (TPSA) is 105 Å². The van der Waals surface area contributed by atoms with Crippen LogP contribution in [0.25, 0.3) is 11.3 Å². The molecule has 0 spiro atoms. The highest BCUT2D eigenvalue weighted by atomic mass is 32.1. The lowest BCUT2D eigenvalue weighted by molar-refractivity contribution is -0.135. The molecule has 3 rings (SSSR count). The quantitative estimate of drug-likeness (QED) is 0.826. The molecule has 128 valence electrons. The molecule has 0 aliphatic heterocycles. The van der Waals surface area contributed by atoms with Gasteiger partial charge >= 0.3 is 0 Å². The number of hydrogen-bond donors (Lipinski definition) is 1. The maximum atomic E-state index is 12.4. The fraction of sp³-hybridized carbons (Fsp3) is 0.353. The summed E-state index contributed by atoms with van der Waals surface area (Å²) in [6.07, 6.45) is 5.87. The standard InChI is InChI=1S/C17H16N4O3S/c18-8-14-15(12-2-1-7-19-9-12)20-17(25-14)21-16(23)11-3-5-13(6-4-11)24-10-22/h1-2,7,9-11,13H,3-6H2,(H,20,21,23). The summed E-state index contributed by atoms with van der Waals surface area (Å²) in [5, 5.41) is 12.5. The third-order valence-electron chi connectivity index (χ3n) is 4.19. The molecule has 8 heteroatoms. The number of ether oxygens (including phenoxy) is 1. The van der Waals surface area contributed by atoms with Crippen LogP contribution in [0.1, 0.15) is 30.6 Å². The first-order chi connectivity index (χ1) is 12.2. The zero-order valence-electron chi connectivity index (χ0n) is 13.3. The fourth-order valence-corrected chi connectivity index (χ4v) is 3.68. The first-order valence-electron chi connectivity index (χ1n) is 7.92. The summed E-state index contributed by atoms with van der Waals surface area (Å²) in [6, 6.07) is 5.71. The third kappa shape index (κ3) is 4.00. The summed E-state index contributed by atoms with van der Waals surface area (Å²) in [7, 11) is 0. The molecule has 2 aromatic heterocycles. The molecule has 2 aromatic rings. The molecule has 7 nitrogen and oxygen atoms in total. The van der Waals surface area contributed by atoms with Crippen LogP contribution in [-0.4, -0.2) is 28.5 Å². The van der Waals surface area contributed by atoms with E-state index in [1.54, 1.807) is 18.5 Å². The van der Waals surface area contributed by atoms with E-state index < -0.39 is 0 Å².